The molecule has 1 radical (unpaired) electrons. The first-order chi connectivity index (χ1) is 12.9. The summed E-state index contributed by atoms with van der Waals surface area (Å²) in [5, 5.41) is 27.5. The zero-order valence-electron chi connectivity index (χ0n) is 14.7. The molecular formula is C18H19IrN3O6. The first-order valence-corrected chi connectivity index (χ1v) is 8.01. The van der Waals surface area contributed by atoms with Crippen molar-refractivity contribution in [2.75, 3.05) is 29.4 Å². The number of carboxylic acids is 3. The number of para-hydroxylation sites is 2. The molecule has 1 aromatic heterocycles. The van der Waals surface area contributed by atoms with Crippen molar-refractivity contribution in [3.05, 3.63) is 54.4 Å². The SMILES string of the molecule is O=C(O)CN(CC(=O)O)c1ccccc1N(CC(=O)O)Cc1ccccn1.[Ir]. The Morgan fingerprint density at radius 3 is 1.68 bits per heavy atom. The number of pyridine rings is 1. The third-order valence-corrected chi connectivity index (χ3v) is 3.62. The van der Waals surface area contributed by atoms with Crippen LogP contribution in [0.1, 0.15) is 5.69 Å². The second kappa shape index (κ2) is 11.0. The van der Waals surface area contributed by atoms with E-state index in [0.29, 0.717) is 17.1 Å². The molecule has 0 atom stereocenters. The van der Waals surface area contributed by atoms with Crippen molar-refractivity contribution in [2.45, 2.75) is 6.54 Å². The number of aliphatic carboxylic acids is 3. The van der Waals surface area contributed by atoms with Gasteiger partial charge in [0.15, 0.2) is 0 Å². The summed E-state index contributed by atoms with van der Waals surface area (Å²) in [7, 11) is 0. The molecule has 1 heterocycles. The van der Waals surface area contributed by atoms with Crippen molar-refractivity contribution in [2.24, 2.45) is 0 Å². The van der Waals surface area contributed by atoms with Crippen LogP contribution in [0.5, 0.6) is 0 Å². The Morgan fingerprint density at radius 1 is 0.750 bits per heavy atom. The molecule has 0 bridgehead atoms. The zero-order valence-corrected chi connectivity index (χ0v) is 17.1. The van der Waals surface area contributed by atoms with Crippen LogP contribution in [-0.4, -0.2) is 57.8 Å². The zero-order chi connectivity index (χ0) is 19.8. The molecule has 151 valence electrons. The van der Waals surface area contributed by atoms with Crippen LogP contribution in [-0.2, 0) is 41.0 Å². The predicted molar refractivity (Wildman–Crippen MR) is 96.8 cm³/mol. The van der Waals surface area contributed by atoms with E-state index in [9.17, 15) is 19.5 Å². The number of rotatable bonds is 10. The second-order valence-electron chi connectivity index (χ2n) is 5.70. The Morgan fingerprint density at radius 2 is 1.21 bits per heavy atom. The van der Waals surface area contributed by atoms with Crippen LogP contribution in [0.3, 0.4) is 0 Å². The van der Waals surface area contributed by atoms with Gasteiger partial charge >= 0.3 is 17.9 Å². The van der Waals surface area contributed by atoms with Crippen LogP contribution in [0.4, 0.5) is 11.4 Å². The molecule has 2 aromatic rings. The van der Waals surface area contributed by atoms with Crippen LogP contribution >= 0.6 is 0 Å². The Balaban J connectivity index is 0.00000392. The maximum absolute atomic E-state index is 11.3. The van der Waals surface area contributed by atoms with E-state index >= 15 is 0 Å². The molecule has 0 unspecified atom stereocenters. The van der Waals surface area contributed by atoms with Gasteiger partial charge in [0.05, 0.1) is 23.6 Å². The van der Waals surface area contributed by atoms with Gasteiger partial charge in [-0.3, -0.25) is 19.4 Å². The molecule has 0 fully saturated rings. The molecule has 0 aliphatic heterocycles. The van der Waals surface area contributed by atoms with E-state index in [-0.39, 0.29) is 33.2 Å². The molecule has 10 heteroatoms. The van der Waals surface area contributed by atoms with Gasteiger partial charge in [0, 0.05) is 26.3 Å². The van der Waals surface area contributed by atoms with Gasteiger partial charge in [-0.15, -0.1) is 0 Å². The third-order valence-electron chi connectivity index (χ3n) is 3.62. The van der Waals surface area contributed by atoms with Gasteiger partial charge in [-0.25, -0.2) is 0 Å². The molecule has 2 rings (SSSR count). The third kappa shape index (κ3) is 6.97. The van der Waals surface area contributed by atoms with Crippen LogP contribution in [0.25, 0.3) is 0 Å². The molecule has 28 heavy (non-hydrogen) atoms. The summed E-state index contributed by atoms with van der Waals surface area (Å²) in [5.41, 5.74) is 1.35. The Bertz CT molecular complexity index is 802. The summed E-state index contributed by atoms with van der Waals surface area (Å²) >= 11 is 0. The van der Waals surface area contributed by atoms with Gasteiger partial charge in [-0.1, -0.05) is 18.2 Å². The van der Waals surface area contributed by atoms with Gasteiger partial charge in [0.25, 0.3) is 0 Å². The molecule has 0 saturated heterocycles. The molecule has 0 aliphatic carbocycles. The fourth-order valence-electron chi connectivity index (χ4n) is 2.63. The van der Waals surface area contributed by atoms with Crippen molar-refractivity contribution in [1.82, 2.24) is 4.98 Å². The Hall–Kier alpha value is -2.97. The smallest absolute Gasteiger partial charge is 0.323 e. The standard InChI is InChI=1S/C18H19N3O6.Ir/c22-16(23)10-20(9-13-5-3-4-8-19-13)14-6-1-2-7-15(14)21(11-17(24)25)12-18(26)27;/h1-8H,9-12H2,(H,22,23)(H,24,25)(H,26,27);. The molecule has 1 aromatic carbocycles. The quantitative estimate of drug-likeness (QED) is 0.388. The summed E-state index contributed by atoms with van der Waals surface area (Å²) in [6, 6.07) is 11.7. The fraction of sp³-hybridized carbons (Fsp3) is 0.222. The number of nitrogens with zero attached hydrogens (tertiary/aromatic N) is 3. The second-order valence-corrected chi connectivity index (χ2v) is 5.70. The van der Waals surface area contributed by atoms with Crippen molar-refractivity contribution >= 4 is 29.3 Å². The molecule has 0 aliphatic rings. The van der Waals surface area contributed by atoms with Crippen molar-refractivity contribution < 1.29 is 49.8 Å². The molecule has 0 spiro atoms. The number of carbonyl (C=O) groups is 3. The molecule has 9 nitrogen and oxygen atoms in total. The van der Waals surface area contributed by atoms with Crippen molar-refractivity contribution in [3.8, 4) is 0 Å². The average molecular weight is 566 g/mol. The number of carboxylic acid groups (broad SMARTS) is 3. The average Bonchev–Trinajstić information content (AvgIpc) is 2.60. The monoisotopic (exact) mass is 566 g/mol. The van der Waals surface area contributed by atoms with Crippen LogP contribution in [0, 0.1) is 0 Å². The minimum absolute atomic E-state index is 0. The van der Waals surface area contributed by atoms with E-state index in [0.717, 1.165) is 0 Å². The molecule has 0 saturated carbocycles. The largest absolute Gasteiger partial charge is 0.480 e. The number of benzene rings is 1. The van der Waals surface area contributed by atoms with Crippen LogP contribution in [0.2, 0.25) is 0 Å². The first kappa shape index (κ1) is 23.1. The first-order valence-electron chi connectivity index (χ1n) is 8.01. The number of anilines is 2. The minimum Gasteiger partial charge on any atom is -0.480 e. The van der Waals surface area contributed by atoms with Gasteiger partial charge in [-0.05, 0) is 24.3 Å². The number of hydrogen-bond donors (Lipinski definition) is 3. The summed E-state index contributed by atoms with van der Waals surface area (Å²) in [6.45, 7) is -1.26. The van der Waals surface area contributed by atoms with Gasteiger partial charge in [0.2, 0.25) is 0 Å². The van der Waals surface area contributed by atoms with Crippen molar-refractivity contribution in [3.63, 3.8) is 0 Å². The summed E-state index contributed by atoms with van der Waals surface area (Å²) in [4.78, 5) is 40.5. The van der Waals surface area contributed by atoms with Gasteiger partial charge in [-0.2, -0.15) is 0 Å². The van der Waals surface area contributed by atoms with Crippen LogP contribution < -0.4 is 9.80 Å². The maximum atomic E-state index is 11.3. The molecular weight excluding hydrogens is 546 g/mol. The van der Waals surface area contributed by atoms with Crippen molar-refractivity contribution in [1.29, 1.82) is 0 Å². The summed E-state index contributed by atoms with van der Waals surface area (Å²) < 4.78 is 0. The summed E-state index contributed by atoms with van der Waals surface area (Å²) in [5.74, 6) is -3.47. The van der Waals surface area contributed by atoms with Gasteiger partial charge < -0.3 is 25.1 Å². The van der Waals surface area contributed by atoms with E-state index in [4.69, 9.17) is 10.2 Å². The topological polar surface area (TPSA) is 131 Å². The van der Waals surface area contributed by atoms with E-state index < -0.39 is 31.0 Å². The van der Waals surface area contributed by atoms with Crippen LogP contribution in [0.15, 0.2) is 48.7 Å². The minimum atomic E-state index is -1.19. The van der Waals surface area contributed by atoms with E-state index in [1.54, 1.807) is 48.7 Å². The van der Waals surface area contributed by atoms with E-state index in [1.165, 1.54) is 9.80 Å². The Labute approximate surface area is 174 Å². The predicted octanol–water partition coefficient (Wildman–Crippen LogP) is 1.15. The Kier molecular flexibility index (Phi) is 9.07. The summed E-state index contributed by atoms with van der Waals surface area (Å²) in [6.07, 6.45) is 1.58. The molecule has 3 N–H and O–H groups in total. The maximum Gasteiger partial charge on any atom is 0.323 e. The van der Waals surface area contributed by atoms with E-state index in [2.05, 4.69) is 4.98 Å². The number of hydrogen-bond acceptors (Lipinski definition) is 6. The fourth-order valence-corrected chi connectivity index (χ4v) is 2.63. The number of aromatic nitrogens is 1. The normalized spacial score (nSPS) is 9.86. The van der Waals surface area contributed by atoms with Gasteiger partial charge in [0.1, 0.15) is 19.6 Å². The van der Waals surface area contributed by atoms with E-state index in [1.807, 2.05) is 0 Å². The molecule has 0 amide bonds.